The van der Waals surface area contributed by atoms with Crippen molar-refractivity contribution in [3.05, 3.63) is 102 Å². The molecule has 0 bridgehead atoms. The van der Waals surface area contributed by atoms with E-state index in [1.807, 2.05) is 43.3 Å². The quantitative estimate of drug-likeness (QED) is 0.346. The molecule has 3 rings (SSSR count). The maximum Gasteiger partial charge on any atom is 0.407 e. The molecule has 1 N–H and O–H groups in total. The maximum absolute atomic E-state index is 13.3. The van der Waals surface area contributed by atoms with Crippen LogP contribution in [0, 0.1) is 5.82 Å². The Labute approximate surface area is 193 Å². The van der Waals surface area contributed by atoms with Gasteiger partial charge in [0.1, 0.15) is 5.82 Å². The van der Waals surface area contributed by atoms with Crippen LogP contribution in [-0.2, 0) is 0 Å². The second kappa shape index (κ2) is 10.9. The summed E-state index contributed by atoms with van der Waals surface area (Å²) in [6, 6.07) is 15.6. The first-order chi connectivity index (χ1) is 15.4. The van der Waals surface area contributed by atoms with Gasteiger partial charge in [-0.05, 0) is 60.6 Å². The lowest BCUT2D eigenvalue weighted by molar-refractivity contribution is 0.126. The van der Waals surface area contributed by atoms with E-state index in [9.17, 15) is 14.3 Å². The molecule has 4 nitrogen and oxygen atoms in total. The average Bonchev–Trinajstić information content (AvgIpc) is 2.79. The topological polar surface area (TPSA) is 53.4 Å². The Balaban J connectivity index is 1.73. The van der Waals surface area contributed by atoms with Crippen molar-refractivity contribution in [2.24, 2.45) is 0 Å². The first-order valence-corrected chi connectivity index (χ1v) is 10.8. The lowest BCUT2D eigenvalue weighted by Gasteiger charge is -2.29. The Kier molecular flexibility index (Phi) is 8.01. The first-order valence-electron chi connectivity index (χ1n) is 10.5. The Hall–Kier alpha value is -3.18. The fraction of sp³-hybridized carbons (Fsp3) is 0.231. The van der Waals surface area contributed by atoms with Crippen molar-refractivity contribution in [1.82, 2.24) is 9.88 Å². The first kappa shape index (κ1) is 23.5. The molecule has 0 radical (unpaired) electrons. The summed E-state index contributed by atoms with van der Waals surface area (Å²) in [7, 11) is 0. The fourth-order valence-corrected chi connectivity index (χ4v) is 3.98. The summed E-state index contributed by atoms with van der Waals surface area (Å²) < 4.78 is 13.3. The van der Waals surface area contributed by atoms with Crippen LogP contribution < -0.4 is 0 Å². The van der Waals surface area contributed by atoms with E-state index in [4.69, 9.17) is 11.6 Å². The number of amides is 1. The fourth-order valence-electron chi connectivity index (χ4n) is 3.81. The lowest BCUT2D eigenvalue weighted by atomic mass is 9.92. The van der Waals surface area contributed by atoms with Crippen molar-refractivity contribution >= 4 is 17.7 Å². The van der Waals surface area contributed by atoms with E-state index < -0.39 is 6.09 Å². The van der Waals surface area contributed by atoms with E-state index in [1.54, 1.807) is 24.5 Å². The number of pyridine rings is 1. The average molecular weight is 453 g/mol. The molecule has 0 unspecified atom stereocenters. The van der Waals surface area contributed by atoms with Crippen molar-refractivity contribution in [2.75, 3.05) is 6.54 Å². The molecule has 0 aliphatic carbocycles. The van der Waals surface area contributed by atoms with Crippen LogP contribution >= 0.6 is 11.6 Å². The summed E-state index contributed by atoms with van der Waals surface area (Å²) >= 11 is 6.03. The van der Waals surface area contributed by atoms with E-state index in [2.05, 4.69) is 11.6 Å². The number of allylic oxidation sites excluding steroid dienone is 1. The number of nitrogens with zero attached hydrogens (tertiary/aromatic N) is 2. The van der Waals surface area contributed by atoms with E-state index in [0.29, 0.717) is 24.4 Å². The minimum Gasteiger partial charge on any atom is -0.465 e. The van der Waals surface area contributed by atoms with Crippen LogP contribution in [0.4, 0.5) is 9.18 Å². The molecule has 2 aromatic carbocycles. The molecule has 1 aromatic heterocycles. The summed E-state index contributed by atoms with van der Waals surface area (Å²) in [4.78, 5) is 17.6. The monoisotopic (exact) mass is 452 g/mol. The van der Waals surface area contributed by atoms with Gasteiger partial charge in [-0.3, -0.25) is 4.98 Å². The van der Waals surface area contributed by atoms with Crippen molar-refractivity contribution in [3.8, 4) is 11.1 Å². The van der Waals surface area contributed by atoms with Gasteiger partial charge in [-0.1, -0.05) is 54.1 Å². The number of rotatable bonds is 9. The number of aromatic nitrogens is 1. The molecule has 6 heteroatoms. The highest BCUT2D eigenvalue weighted by atomic mass is 35.5. The molecular formula is C26H26ClFN2O2. The van der Waals surface area contributed by atoms with Crippen molar-refractivity contribution < 1.29 is 14.3 Å². The van der Waals surface area contributed by atoms with E-state index in [0.717, 1.165) is 22.3 Å². The number of hydrogen-bond donors (Lipinski definition) is 1. The standard InChI is InChI=1S/C26H26ClFN2O2/c1-3-4-20(21-9-11-25(28)12-10-21)13-14-30(26(31)32)18(2)19-5-7-22(8-6-19)23-15-24(27)17-29-16-23/h3,5-12,15-18,20H,1,4,13-14H2,2H3,(H,31,32)/t18-,20-/m0/s1. The molecule has 32 heavy (non-hydrogen) atoms. The van der Waals surface area contributed by atoms with Crippen molar-refractivity contribution in [1.29, 1.82) is 0 Å². The van der Waals surface area contributed by atoms with Crippen LogP contribution in [0.3, 0.4) is 0 Å². The summed E-state index contributed by atoms with van der Waals surface area (Å²) in [6.45, 7) is 6.04. The molecule has 0 fully saturated rings. The Morgan fingerprint density at radius 1 is 1.12 bits per heavy atom. The van der Waals surface area contributed by atoms with Crippen LogP contribution in [-0.4, -0.2) is 27.6 Å². The Morgan fingerprint density at radius 2 is 1.78 bits per heavy atom. The van der Waals surface area contributed by atoms with Gasteiger partial charge in [-0.2, -0.15) is 0 Å². The summed E-state index contributed by atoms with van der Waals surface area (Å²) in [6.07, 6.45) is 5.46. The van der Waals surface area contributed by atoms with E-state index >= 15 is 0 Å². The Morgan fingerprint density at radius 3 is 2.38 bits per heavy atom. The second-order valence-corrected chi connectivity index (χ2v) is 8.16. The smallest absolute Gasteiger partial charge is 0.407 e. The molecule has 0 aliphatic heterocycles. The highest BCUT2D eigenvalue weighted by molar-refractivity contribution is 6.30. The minimum absolute atomic E-state index is 0.0693. The number of carbonyl (C=O) groups is 1. The van der Waals surface area contributed by atoms with Crippen LogP contribution in [0.5, 0.6) is 0 Å². The number of halogens is 2. The number of benzene rings is 2. The molecule has 0 saturated heterocycles. The van der Waals surface area contributed by atoms with Gasteiger partial charge in [-0.25, -0.2) is 9.18 Å². The van der Waals surface area contributed by atoms with Gasteiger partial charge in [0.15, 0.2) is 0 Å². The van der Waals surface area contributed by atoms with Gasteiger partial charge in [0.05, 0.1) is 11.1 Å². The van der Waals surface area contributed by atoms with Crippen molar-refractivity contribution in [3.63, 3.8) is 0 Å². The zero-order valence-electron chi connectivity index (χ0n) is 17.9. The maximum atomic E-state index is 13.3. The van der Waals surface area contributed by atoms with Crippen LogP contribution in [0.2, 0.25) is 5.02 Å². The molecular weight excluding hydrogens is 427 g/mol. The van der Waals surface area contributed by atoms with Gasteiger partial charge in [0.25, 0.3) is 0 Å². The summed E-state index contributed by atoms with van der Waals surface area (Å²) in [5.41, 5.74) is 3.73. The third-order valence-electron chi connectivity index (χ3n) is 5.66. The van der Waals surface area contributed by atoms with Gasteiger partial charge >= 0.3 is 6.09 Å². The third kappa shape index (κ3) is 5.95. The lowest BCUT2D eigenvalue weighted by Crippen LogP contribution is -2.33. The zero-order chi connectivity index (χ0) is 23.1. The highest BCUT2D eigenvalue weighted by Crippen LogP contribution is 2.29. The van der Waals surface area contributed by atoms with Crippen LogP contribution in [0.1, 0.15) is 42.9 Å². The molecule has 1 heterocycles. The Bertz CT molecular complexity index is 1050. The highest BCUT2D eigenvalue weighted by Gasteiger charge is 2.22. The molecule has 166 valence electrons. The van der Waals surface area contributed by atoms with Gasteiger partial charge in [0, 0.05) is 24.5 Å². The largest absolute Gasteiger partial charge is 0.465 e. The van der Waals surface area contributed by atoms with Gasteiger partial charge < -0.3 is 10.0 Å². The molecule has 2 atom stereocenters. The van der Waals surface area contributed by atoms with E-state index in [-0.39, 0.29) is 17.8 Å². The molecule has 0 saturated carbocycles. The third-order valence-corrected chi connectivity index (χ3v) is 5.86. The summed E-state index contributed by atoms with van der Waals surface area (Å²) in [5, 5.41) is 10.4. The van der Waals surface area contributed by atoms with E-state index in [1.165, 1.54) is 17.0 Å². The second-order valence-electron chi connectivity index (χ2n) is 7.73. The minimum atomic E-state index is -0.975. The van der Waals surface area contributed by atoms with Crippen LogP contribution in [0.25, 0.3) is 11.1 Å². The number of hydrogen-bond acceptors (Lipinski definition) is 2. The van der Waals surface area contributed by atoms with Gasteiger partial charge in [-0.15, -0.1) is 6.58 Å². The normalized spacial score (nSPS) is 12.7. The SMILES string of the molecule is C=CC[C@@H](CCN(C(=O)O)[C@@H](C)c1ccc(-c2cncc(Cl)c2)cc1)c1ccc(F)cc1. The van der Waals surface area contributed by atoms with Crippen molar-refractivity contribution in [2.45, 2.75) is 31.7 Å². The predicted octanol–water partition coefficient (Wildman–Crippen LogP) is 7.33. The molecule has 1 amide bonds. The van der Waals surface area contributed by atoms with Crippen LogP contribution in [0.15, 0.2) is 79.6 Å². The molecule has 0 aliphatic rings. The summed E-state index contributed by atoms with van der Waals surface area (Å²) in [5.74, 6) is -0.219. The van der Waals surface area contributed by atoms with Gasteiger partial charge in [0.2, 0.25) is 0 Å². The molecule has 0 spiro atoms. The number of carboxylic acid groups (broad SMARTS) is 1. The molecule has 3 aromatic rings. The zero-order valence-corrected chi connectivity index (χ0v) is 18.7. The predicted molar refractivity (Wildman–Crippen MR) is 126 cm³/mol.